The molecule has 0 radical (unpaired) electrons. The van der Waals surface area contributed by atoms with E-state index in [1.54, 1.807) is 10.9 Å². The normalized spacial score (nSPS) is 13.9. The van der Waals surface area contributed by atoms with Crippen molar-refractivity contribution in [3.8, 4) is 0 Å². The van der Waals surface area contributed by atoms with Crippen LogP contribution < -0.4 is 5.32 Å². The molecule has 7 nitrogen and oxygen atoms in total. The molecule has 1 saturated carbocycles. The SMILES string of the molecule is Cn1ncc2c(SCC(=O)c3ccc(CNC(=O)C4CC4)s3)ncnc21. The smallest absolute Gasteiger partial charge is 0.223 e. The molecule has 0 atom stereocenters. The Balaban J connectivity index is 1.36. The predicted molar refractivity (Wildman–Crippen MR) is 100 cm³/mol. The molecule has 1 aliphatic rings. The van der Waals surface area contributed by atoms with Crippen LogP contribution in [-0.4, -0.2) is 37.2 Å². The van der Waals surface area contributed by atoms with Gasteiger partial charge in [0.2, 0.25) is 5.91 Å². The van der Waals surface area contributed by atoms with Crippen molar-refractivity contribution in [2.75, 3.05) is 5.75 Å². The topological polar surface area (TPSA) is 89.8 Å². The lowest BCUT2D eigenvalue weighted by Gasteiger charge is -2.02. The molecule has 0 spiro atoms. The van der Waals surface area contributed by atoms with Crippen LogP contribution >= 0.6 is 23.1 Å². The predicted octanol–water partition coefficient (Wildman–Crippen LogP) is 2.43. The number of nitrogens with zero attached hydrogens (tertiary/aromatic N) is 4. The molecule has 3 heterocycles. The van der Waals surface area contributed by atoms with Crippen molar-refractivity contribution in [1.82, 2.24) is 25.1 Å². The minimum absolute atomic E-state index is 0.0513. The molecule has 1 N–H and O–H groups in total. The van der Waals surface area contributed by atoms with Crippen molar-refractivity contribution < 1.29 is 9.59 Å². The van der Waals surface area contributed by atoms with Gasteiger partial charge in [0.25, 0.3) is 0 Å². The first kappa shape index (κ1) is 17.2. The zero-order chi connectivity index (χ0) is 18.1. The molecule has 1 fully saturated rings. The summed E-state index contributed by atoms with van der Waals surface area (Å²) < 4.78 is 1.68. The minimum atomic E-state index is 0.0513. The van der Waals surface area contributed by atoms with Crippen molar-refractivity contribution in [3.63, 3.8) is 0 Å². The number of aromatic nitrogens is 4. The van der Waals surface area contributed by atoms with Crippen LogP contribution in [0.5, 0.6) is 0 Å². The van der Waals surface area contributed by atoms with Gasteiger partial charge in [-0.2, -0.15) is 5.10 Å². The lowest BCUT2D eigenvalue weighted by molar-refractivity contribution is -0.122. The summed E-state index contributed by atoms with van der Waals surface area (Å²) in [5.74, 6) is 0.668. The first-order valence-electron chi connectivity index (χ1n) is 8.27. The third kappa shape index (κ3) is 3.63. The largest absolute Gasteiger partial charge is 0.351 e. The number of rotatable bonds is 7. The van der Waals surface area contributed by atoms with Gasteiger partial charge in [-0.15, -0.1) is 11.3 Å². The average Bonchev–Trinajstić information content (AvgIpc) is 3.28. The Hall–Kier alpha value is -2.26. The van der Waals surface area contributed by atoms with E-state index in [-0.39, 0.29) is 17.6 Å². The Morgan fingerprint density at radius 2 is 2.19 bits per heavy atom. The third-order valence-electron chi connectivity index (χ3n) is 4.15. The quantitative estimate of drug-likeness (QED) is 0.380. The summed E-state index contributed by atoms with van der Waals surface area (Å²) in [5.41, 5.74) is 0.750. The maximum atomic E-state index is 12.5. The number of carbonyl (C=O) groups is 2. The minimum Gasteiger partial charge on any atom is -0.351 e. The lowest BCUT2D eigenvalue weighted by Crippen LogP contribution is -2.23. The van der Waals surface area contributed by atoms with E-state index in [2.05, 4.69) is 20.4 Å². The van der Waals surface area contributed by atoms with Gasteiger partial charge in [0, 0.05) is 17.8 Å². The van der Waals surface area contributed by atoms with Crippen LogP contribution in [0, 0.1) is 5.92 Å². The summed E-state index contributed by atoms with van der Waals surface area (Å²) in [6, 6.07) is 3.73. The average molecular weight is 387 g/mol. The fourth-order valence-electron chi connectivity index (χ4n) is 2.55. The van der Waals surface area contributed by atoms with Crippen molar-refractivity contribution in [2.24, 2.45) is 13.0 Å². The molecule has 1 aliphatic carbocycles. The first-order chi connectivity index (χ1) is 12.6. The Morgan fingerprint density at radius 1 is 1.35 bits per heavy atom. The molecule has 1 amide bonds. The highest BCUT2D eigenvalue weighted by atomic mass is 32.2. The second-order valence-electron chi connectivity index (χ2n) is 6.15. The number of aryl methyl sites for hydroxylation is 1. The van der Waals surface area contributed by atoms with Gasteiger partial charge in [0.15, 0.2) is 11.4 Å². The van der Waals surface area contributed by atoms with Gasteiger partial charge < -0.3 is 5.32 Å². The Morgan fingerprint density at radius 3 is 3.00 bits per heavy atom. The van der Waals surface area contributed by atoms with E-state index in [0.717, 1.165) is 33.8 Å². The van der Waals surface area contributed by atoms with Crippen LogP contribution in [0.2, 0.25) is 0 Å². The van der Waals surface area contributed by atoms with Crippen LogP contribution in [-0.2, 0) is 18.4 Å². The van der Waals surface area contributed by atoms with E-state index in [4.69, 9.17) is 0 Å². The number of amides is 1. The number of nitrogens with one attached hydrogen (secondary N) is 1. The number of thioether (sulfide) groups is 1. The Labute approximate surface area is 158 Å². The third-order valence-corrected chi connectivity index (χ3v) is 6.29. The van der Waals surface area contributed by atoms with Crippen molar-refractivity contribution >= 4 is 45.8 Å². The van der Waals surface area contributed by atoms with E-state index >= 15 is 0 Å². The monoisotopic (exact) mass is 387 g/mol. The molecule has 0 unspecified atom stereocenters. The number of thiophene rings is 1. The maximum absolute atomic E-state index is 12.5. The van der Waals surface area contributed by atoms with Gasteiger partial charge in [0.05, 0.1) is 28.8 Å². The van der Waals surface area contributed by atoms with Crippen molar-refractivity contribution in [3.05, 3.63) is 34.4 Å². The van der Waals surface area contributed by atoms with Gasteiger partial charge in [0.1, 0.15) is 11.4 Å². The molecular weight excluding hydrogens is 370 g/mol. The van der Waals surface area contributed by atoms with Crippen LogP contribution in [0.3, 0.4) is 0 Å². The number of hydrogen-bond acceptors (Lipinski definition) is 7. The molecule has 134 valence electrons. The Bertz CT molecular complexity index is 977. The highest BCUT2D eigenvalue weighted by Gasteiger charge is 2.29. The van der Waals surface area contributed by atoms with E-state index in [1.165, 1.54) is 29.4 Å². The van der Waals surface area contributed by atoms with Crippen molar-refractivity contribution in [2.45, 2.75) is 24.4 Å². The Kier molecular flexibility index (Phi) is 4.73. The summed E-state index contributed by atoms with van der Waals surface area (Å²) in [4.78, 5) is 34.3. The number of ketones is 1. The summed E-state index contributed by atoms with van der Waals surface area (Å²) in [6.45, 7) is 0.489. The molecule has 26 heavy (non-hydrogen) atoms. The molecule has 9 heteroatoms. The van der Waals surface area contributed by atoms with Crippen LogP contribution in [0.4, 0.5) is 0 Å². The second kappa shape index (κ2) is 7.16. The van der Waals surface area contributed by atoms with E-state index in [1.807, 2.05) is 19.2 Å². The summed E-state index contributed by atoms with van der Waals surface area (Å²) in [6.07, 6.45) is 5.19. The van der Waals surface area contributed by atoms with Crippen LogP contribution in [0.1, 0.15) is 27.4 Å². The van der Waals surface area contributed by atoms with Gasteiger partial charge >= 0.3 is 0 Å². The number of Topliss-reactive ketones (excluding diaryl/α,β-unsaturated/α-hetero) is 1. The van der Waals surface area contributed by atoms with E-state index < -0.39 is 0 Å². The van der Waals surface area contributed by atoms with Gasteiger partial charge in [-0.1, -0.05) is 11.8 Å². The molecule has 3 aromatic rings. The number of carbonyl (C=O) groups excluding carboxylic acids is 2. The summed E-state index contributed by atoms with van der Waals surface area (Å²) >= 11 is 2.82. The molecule has 0 aromatic carbocycles. The fourth-order valence-corrected chi connectivity index (χ4v) is 4.37. The molecule has 3 aromatic heterocycles. The lowest BCUT2D eigenvalue weighted by atomic mass is 10.3. The molecule has 0 saturated heterocycles. The van der Waals surface area contributed by atoms with Crippen LogP contribution in [0.15, 0.2) is 29.7 Å². The van der Waals surface area contributed by atoms with E-state index in [0.29, 0.717) is 17.2 Å². The summed E-state index contributed by atoms with van der Waals surface area (Å²) in [5, 5.41) is 8.71. The van der Waals surface area contributed by atoms with Gasteiger partial charge in [-0.25, -0.2) is 9.97 Å². The molecule has 4 rings (SSSR count). The zero-order valence-electron chi connectivity index (χ0n) is 14.1. The van der Waals surface area contributed by atoms with Crippen LogP contribution in [0.25, 0.3) is 11.0 Å². The number of fused-ring (bicyclic) bond motifs is 1. The van der Waals surface area contributed by atoms with E-state index in [9.17, 15) is 9.59 Å². The molecule has 0 aliphatic heterocycles. The highest BCUT2D eigenvalue weighted by Crippen LogP contribution is 2.29. The van der Waals surface area contributed by atoms with Gasteiger partial charge in [-0.05, 0) is 25.0 Å². The second-order valence-corrected chi connectivity index (χ2v) is 8.29. The molecule has 0 bridgehead atoms. The summed E-state index contributed by atoms with van der Waals surface area (Å²) in [7, 11) is 1.82. The van der Waals surface area contributed by atoms with Crippen molar-refractivity contribution in [1.29, 1.82) is 0 Å². The van der Waals surface area contributed by atoms with Gasteiger partial charge in [-0.3, -0.25) is 14.3 Å². The standard InChI is InChI=1S/C17H17N5O2S2/c1-22-15-12(7-21-22)17(20-9-19-15)25-8-13(23)14-5-4-11(26-14)6-18-16(24)10-2-3-10/h4-5,7,9-10H,2-3,6,8H2,1H3,(H,18,24). The molecular formula is C17H17N5O2S2. The fraction of sp³-hybridized carbons (Fsp3) is 0.353. The zero-order valence-corrected chi connectivity index (χ0v) is 15.8. The first-order valence-corrected chi connectivity index (χ1v) is 10.1. The highest BCUT2D eigenvalue weighted by molar-refractivity contribution is 8.00. The maximum Gasteiger partial charge on any atom is 0.223 e. The number of hydrogen-bond donors (Lipinski definition) is 1.